The molecule has 0 aromatic heterocycles. The number of hydrogen-bond donors (Lipinski definition) is 2. The molecule has 0 bridgehead atoms. The van der Waals surface area contributed by atoms with Gasteiger partial charge in [0.25, 0.3) is 5.91 Å². The Labute approximate surface area is 186 Å². The van der Waals surface area contributed by atoms with Gasteiger partial charge in [0.2, 0.25) is 5.91 Å². The number of carboxylic acid groups (broad SMARTS) is 1. The van der Waals surface area contributed by atoms with Gasteiger partial charge in [-0.05, 0) is 36.0 Å². The molecule has 0 unspecified atom stereocenters. The molecule has 0 radical (unpaired) electrons. The van der Waals surface area contributed by atoms with Crippen molar-refractivity contribution in [3.8, 4) is 0 Å². The maximum atomic E-state index is 13.5. The average Bonchev–Trinajstić information content (AvgIpc) is 2.89. The van der Waals surface area contributed by atoms with E-state index in [1.807, 2.05) is 54.6 Å². The molecule has 2 amide bonds. The molecule has 160 valence electrons. The van der Waals surface area contributed by atoms with Crippen LogP contribution in [0.25, 0.3) is 0 Å². The zero-order chi connectivity index (χ0) is 22.0. The molecule has 4 rings (SSSR count). The van der Waals surface area contributed by atoms with Crippen LogP contribution in [-0.2, 0) is 27.2 Å². The zero-order valence-corrected chi connectivity index (χ0v) is 17.8. The van der Waals surface area contributed by atoms with Crippen molar-refractivity contribution < 1.29 is 19.5 Å². The fourth-order valence-electron chi connectivity index (χ4n) is 4.60. The monoisotopic (exact) mass is 436 g/mol. The van der Waals surface area contributed by atoms with E-state index < -0.39 is 24.0 Å². The summed E-state index contributed by atoms with van der Waals surface area (Å²) in [4.78, 5) is 39.9. The van der Waals surface area contributed by atoms with Crippen molar-refractivity contribution in [3.63, 3.8) is 0 Å². The third-order valence-electron chi connectivity index (χ3n) is 6.07. The summed E-state index contributed by atoms with van der Waals surface area (Å²) >= 11 is 5.33. The van der Waals surface area contributed by atoms with E-state index in [0.29, 0.717) is 25.7 Å². The number of nitrogens with one attached hydrogen (secondary N) is 1. The summed E-state index contributed by atoms with van der Waals surface area (Å²) in [6.07, 6.45) is 2.47. The van der Waals surface area contributed by atoms with Gasteiger partial charge in [-0.15, -0.1) is 0 Å². The Balaban J connectivity index is 1.60. The number of carbonyl (C=O) groups is 3. The van der Waals surface area contributed by atoms with E-state index in [-0.39, 0.29) is 16.8 Å². The minimum Gasteiger partial charge on any atom is -0.480 e. The lowest BCUT2D eigenvalue weighted by atomic mass is 9.89. The topological polar surface area (TPSA) is 86.7 Å². The van der Waals surface area contributed by atoms with E-state index >= 15 is 0 Å². The predicted octanol–water partition coefficient (Wildman–Crippen LogP) is 2.85. The van der Waals surface area contributed by atoms with Crippen LogP contribution in [0.2, 0.25) is 0 Å². The van der Waals surface area contributed by atoms with Gasteiger partial charge in [0, 0.05) is 12.8 Å². The van der Waals surface area contributed by atoms with E-state index in [0.717, 1.165) is 23.1 Å². The van der Waals surface area contributed by atoms with Crippen LogP contribution in [-0.4, -0.2) is 44.7 Å². The quantitative estimate of drug-likeness (QED) is 0.704. The molecular weight excluding hydrogens is 412 g/mol. The molecule has 2 aliphatic rings. The Morgan fingerprint density at radius 3 is 2.52 bits per heavy atom. The number of nitrogens with zero attached hydrogens (tertiary/aromatic N) is 1. The largest absolute Gasteiger partial charge is 0.480 e. The van der Waals surface area contributed by atoms with Crippen molar-refractivity contribution in [2.75, 3.05) is 0 Å². The lowest BCUT2D eigenvalue weighted by Gasteiger charge is -2.40. The normalized spacial score (nSPS) is 22.6. The summed E-state index contributed by atoms with van der Waals surface area (Å²) in [6, 6.07) is 15.1. The summed E-state index contributed by atoms with van der Waals surface area (Å²) in [5, 5.41) is 12.6. The molecule has 2 N–H and O–H groups in total. The molecule has 0 aliphatic carbocycles. The standard InChI is InChI=1S/C24H24N2O4S/c27-22(21(31)13-15-7-2-1-3-8-15)25-18-14-16-9-4-5-10-17(16)19-11-6-12-20(24(29)30)26(19)23(18)28/h1-5,7-10,18-20H,6,11-14H2,(H,25,27)(H,29,30)/t18-,19+,20-/m0/s1. The van der Waals surface area contributed by atoms with Crippen molar-refractivity contribution in [2.24, 2.45) is 0 Å². The first-order valence-corrected chi connectivity index (χ1v) is 10.9. The van der Waals surface area contributed by atoms with E-state index in [9.17, 15) is 19.5 Å². The van der Waals surface area contributed by atoms with Gasteiger partial charge >= 0.3 is 5.97 Å². The lowest BCUT2D eigenvalue weighted by Crippen LogP contribution is -2.56. The highest BCUT2D eigenvalue weighted by atomic mass is 32.1. The van der Waals surface area contributed by atoms with Crippen LogP contribution in [0.4, 0.5) is 0 Å². The van der Waals surface area contributed by atoms with Crippen molar-refractivity contribution in [3.05, 3.63) is 71.3 Å². The maximum absolute atomic E-state index is 13.5. The van der Waals surface area contributed by atoms with Gasteiger partial charge in [-0.25, -0.2) is 4.79 Å². The Morgan fingerprint density at radius 1 is 1.06 bits per heavy atom. The van der Waals surface area contributed by atoms with Gasteiger partial charge < -0.3 is 15.3 Å². The van der Waals surface area contributed by atoms with E-state index in [2.05, 4.69) is 5.32 Å². The van der Waals surface area contributed by atoms with Crippen LogP contribution in [0, 0.1) is 0 Å². The van der Waals surface area contributed by atoms with Gasteiger partial charge in [0.1, 0.15) is 12.1 Å². The number of carbonyl (C=O) groups excluding carboxylic acids is 2. The predicted molar refractivity (Wildman–Crippen MR) is 120 cm³/mol. The van der Waals surface area contributed by atoms with Gasteiger partial charge in [0.15, 0.2) is 0 Å². The Morgan fingerprint density at radius 2 is 1.77 bits per heavy atom. The molecule has 2 aliphatic heterocycles. The van der Waals surface area contributed by atoms with E-state index in [1.165, 1.54) is 4.90 Å². The Bertz CT molecular complexity index is 1020. The minimum absolute atomic E-state index is 0.196. The lowest BCUT2D eigenvalue weighted by molar-refractivity contribution is -0.156. The molecule has 3 atom stereocenters. The molecule has 1 fully saturated rings. The first kappa shape index (κ1) is 21.2. The Kier molecular flexibility index (Phi) is 6.13. The number of benzene rings is 2. The Hall–Kier alpha value is -3.06. The summed E-state index contributed by atoms with van der Waals surface area (Å²) < 4.78 is 0. The van der Waals surface area contributed by atoms with Crippen LogP contribution in [0.15, 0.2) is 54.6 Å². The van der Waals surface area contributed by atoms with Gasteiger partial charge in [-0.2, -0.15) is 0 Å². The molecule has 1 saturated heterocycles. The average molecular weight is 437 g/mol. The van der Waals surface area contributed by atoms with Gasteiger partial charge in [-0.3, -0.25) is 9.59 Å². The SMILES string of the molecule is O=C(N[C@H]1Cc2ccccc2[C@H]2CCC[C@@H](C(=O)O)N2C1=O)C(=S)Cc1ccccc1. The zero-order valence-electron chi connectivity index (χ0n) is 17.0. The van der Waals surface area contributed by atoms with E-state index in [4.69, 9.17) is 12.2 Å². The number of fused-ring (bicyclic) bond motifs is 3. The number of hydrogen-bond acceptors (Lipinski definition) is 4. The molecular formula is C24H24N2O4S. The first-order chi connectivity index (χ1) is 15.0. The number of piperidine rings is 1. The van der Waals surface area contributed by atoms with Crippen molar-refractivity contribution in [1.82, 2.24) is 10.2 Å². The first-order valence-electron chi connectivity index (χ1n) is 10.5. The molecule has 7 heteroatoms. The highest BCUT2D eigenvalue weighted by molar-refractivity contribution is 7.82. The second kappa shape index (κ2) is 8.98. The number of aliphatic carboxylic acids is 1. The third kappa shape index (κ3) is 4.37. The third-order valence-corrected chi connectivity index (χ3v) is 6.40. The molecule has 2 aromatic rings. The molecule has 2 aromatic carbocycles. The van der Waals surface area contributed by atoms with Crippen molar-refractivity contribution in [2.45, 2.75) is 50.2 Å². The summed E-state index contributed by atoms with van der Waals surface area (Å²) in [5.41, 5.74) is 2.83. The summed E-state index contributed by atoms with van der Waals surface area (Å²) in [5.74, 6) is -1.83. The van der Waals surface area contributed by atoms with Crippen LogP contribution in [0.3, 0.4) is 0 Å². The highest BCUT2D eigenvalue weighted by Crippen LogP contribution is 2.39. The number of amides is 2. The number of rotatable bonds is 5. The van der Waals surface area contributed by atoms with Crippen LogP contribution in [0.5, 0.6) is 0 Å². The van der Waals surface area contributed by atoms with E-state index in [1.54, 1.807) is 0 Å². The second-order valence-electron chi connectivity index (χ2n) is 8.06. The highest BCUT2D eigenvalue weighted by Gasteiger charge is 2.44. The second-order valence-corrected chi connectivity index (χ2v) is 8.55. The smallest absolute Gasteiger partial charge is 0.326 e. The van der Waals surface area contributed by atoms with Crippen LogP contribution >= 0.6 is 12.2 Å². The molecule has 6 nitrogen and oxygen atoms in total. The minimum atomic E-state index is -1.01. The fraction of sp³-hybridized carbons (Fsp3) is 0.333. The van der Waals surface area contributed by atoms with Crippen LogP contribution < -0.4 is 5.32 Å². The molecule has 0 spiro atoms. The number of thiocarbonyl (C=S) groups is 1. The fourth-order valence-corrected chi connectivity index (χ4v) is 4.83. The van der Waals surface area contributed by atoms with Crippen LogP contribution in [0.1, 0.15) is 42.0 Å². The van der Waals surface area contributed by atoms with Crippen molar-refractivity contribution in [1.29, 1.82) is 0 Å². The molecule has 0 saturated carbocycles. The number of carboxylic acids is 1. The van der Waals surface area contributed by atoms with Crippen molar-refractivity contribution >= 4 is 34.9 Å². The van der Waals surface area contributed by atoms with Gasteiger partial charge in [-0.1, -0.05) is 66.8 Å². The maximum Gasteiger partial charge on any atom is 0.326 e. The summed E-state index contributed by atoms with van der Waals surface area (Å²) in [7, 11) is 0. The molecule has 31 heavy (non-hydrogen) atoms. The van der Waals surface area contributed by atoms with Gasteiger partial charge in [0.05, 0.1) is 10.9 Å². The molecule has 2 heterocycles. The summed E-state index contributed by atoms with van der Waals surface area (Å²) in [6.45, 7) is 0.